The lowest BCUT2D eigenvalue weighted by Gasteiger charge is -2.25. The minimum absolute atomic E-state index is 0.184. The van der Waals surface area contributed by atoms with E-state index in [4.69, 9.17) is 4.99 Å². The van der Waals surface area contributed by atoms with Gasteiger partial charge in [-0.25, -0.2) is 4.39 Å². The molecule has 154 valence electrons. The third-order valence-corrected chi connectivity index (χ3v) is 5.13. The summed E-state index contributed by atoms with van der Waals surface area (Å²) >= 11 is 0. The zero-order chi connectivity index (χ0) is 20.9. The molecule has 0 spiro atoms. The molecule has 0 radical (unpaired) electrons. The van der Waals surface area contributed by atoms with Gasteiger partial charge in [0, 0.05) is 30.7 Å². The molecule has 0 fully saturated rings. The lowest BCUT2D eigenvalue weighted by molar-refractivity contribution is 0.491. The van der Waals surface area contributed by atoms with Gasteiger partial charge in [-0.3, -0.25) is 9.67 Å². The quantitative estimate of drug-likeness (QED) is 0.563. The Morgan fingerprint density at radius 1 is 1.29 bits per heavy atom. The number of hydrogen-bond donors (Lipinski definition) is 2. The molecule has 1 unspecified atom stereocenters. The van der Waals surface area contributed by atoms with E-state index in [1.54, 1.807) is 6.07 Å². The van der Waals surface area contributed by atoms with Gasteiger partial charge in [0.1, 0.15) is 5.82 Å². The summed E-state index contributed by atoms with van der Waals surface area (Å²) in [7, 11) is 1.97. The van der Waals surface area contributed by atoms with Crippen molar-refractivity contribution >= 4 is 5.96 Å². The maximum atomic E-state index is 14.2. The van der Waals surface area contributed by atoms with Gasteiger partial charge in [-0.2, -0.15) is 5.10 Å². The number of halogens is 1. The SMILES string of the molecule is CCNC(=NCC(C)(C)c1ccccc1F)NC(C)Cc1c(C)nn(C)c1C. The number of hydrogen-bond acceptors (Lipinski definition) is 2. The fourth-order valence-electron chi connectivity index (χ4n) is 3.40. The first-order chi connectivity index (χ1) is 13.2. The number of nitrogens with zero attached hydrogens (tertiary/aromatic N) is 3. The van der Waals surface area contributed by atoms with Gasteiger partial charge in [-0.1, -0.05) is 32.0 Å². The van der Waals surface area contributed by atoms with Crippen LogP contribution in [0.1, 0.15) is 50.2 Å². The molecule has 0 saturated carbocycles. The van der Waals surface area contributed by atoms with Crippen molar-refractivity contribution in [3.8, 4) is 0 Å². The molecule has 1 aromatic carbocycles. The summed E-state index contributed by atoms with van der Waals surface area (Å²) in [5, 5.41) is 11.3. The average Bonchev–Trinajstić information content (AvgIpc) is 2.86. The summed E-state index contributed by atoms with van der Waals surface area (Å²) in [5.74, 6) is 0.565. The molecule has 1 atom stereocenters. The number of rotatable bonds is 7. The van der Waals surface area contributed by atoms with Crippen molar-refractivity contribution in [1.29, 1.82) is 0 Å². The molecular weight excluding hydrogens is 353 g/mol. The zero-order valence-electron chi connectivity index (χ0n) is 18.2. The van der Waals surface area contributed by atoms with Crippen LogP contribution in [-0.4, -0.2) is 34.9 Å². The number of aromatic nitrogens is 2. The fraction of sp³-hybridized carbons (Fsp3) is 0.545. The normalized spacial score (nSPS) is 13.5. The Morgan fingerprint density at radius 2 is 1.96 bits per heavy atom. The van der Waals surface area contributed by atoms with Crippen LogP contribution in [0.15, 0.2) is 29.3 Å². The fourth-order valence-corrected chi connectivity index (χ4v) is 3.40. The highest BCUT2D eigenvalue weighted by Gasteiger charge is 2.24. The highest BCUT2D eigenvalue weighted by Crippen LogP contribution is 2.26. The third kappa shape index (κ3) is 5.33. The Hall–Kier alpha value is -2.37. The molecule has 0 bridgehead atoms. The minimum Gasteiger partial charge on any atom is -0.357 e. The topological polar surface area (TPSA) is 54.2 Å². The van der Waals surface area contributed by atoms with E-state index < -0.39 is 5.41 Å². The highest BCUT2D eigenvalue weighted by atomic mass is 19.1. The molecular formula is C22H34FN5. The van der Waals surface area contributed by atoms with Crippen molar-refractivity contribution in [1.82, 2.24) is 20.4 Å². The second-order valence-corrected chi connectivity index (χ2v) is 8.08. The second kappa shape index (κ2) is 9.22. The van der Waals surface area contributed by atoms with E-state index in [-0.39, 0.29) is 11.9 Å². The molecule has 6 heteroatoms. The highest BCUT2D eigenvalue weighted by molar-refractivity contribution is 5.80. The molecule has 0 aliphatic rings. The largest absolute Gasteiger partial charge is 0.357 e. The molecule has 2 N–H and O–H groups in total. The van der Waals surface area contributed by atoms with E-state index in [1.165, 1.54) is 17.3 Å². The van der Waals surface area contributed by atoms with Crippen LogP contribution >= 0.6 is 0 Å². The molecule has 2 aromatic rings. The second-order valence-electron chi connectivity index (χ2n) is 8.08. The van der Waals surface area contributed by atoms with Crippen LogP contribution in [0.2, 0.25) is 0 Å². The van der Waals surface area contributed by atoms with Crippen LogP contribution in [-0.2, 0) is 18.9 Å². The maximum absolute atomic E-state index is 14.2. The first-order valence-corrected chi connectivity index (χ1v) is 9.94. The van der Waals surface area contributed by atoms with Crippen LogP contribution < -0.4 is 10.6 Å². The molecule has 0 amide bonds. The van der Waals surface area contributed by atoms with Crippen LogP contribution in [0, 0.1) is 19.7 Å². The van der Waals surface area contributed by atoms with Crippen molar-refractivity contribution in [3.63, 3.8) is 0 Å². The summed E-state index contributed by atoms with van der Waals surface area (Å²) < 4.78 is 16.1. The Bertz CT molecular complexity index is 822. The Labute approximate surface area is 168 Å². The molecule has 1 aromatic heterocycles. The third-order valence-electron chi connectivity index (χ3n) is 5.13. The first-order valence-electron chi connectivity index (χ1n) is 9.94. The van der Waals surface area contributed by atoms with E-state index in [0.717, 1.165) is 24.6 Å². The lowest BCUT2D eigenvalue weighted by atomic mass is 9.84. The zero-order valence-corrected chi connectivity index (χ0v) is 18.2. The Morgan fingerprint density at radius 3 is 2.54 bits per heavy atom. The van der Waals surface area contributed by atoms with E-state index in [1.807, 2.05) is 51.6 Å². The summed E-state index contributed by atoms with van der Waals surface area (Å²) in [5.41, 5.74) is 3.81. The van der Waals surface area contributed by atoms with Crippen molar-refractivity contribution in [2.24, 2.45) is 12.0 Å². The van der Waals surface area contributed by atoms with E-state index in [2.05, 4.69) is 29.6 Å². The van der Waals surface area contributed by atoms with Gasteiger partial charge < -0.3 is 10.6 Å². The van der Waals surface area contributed by atoms with Crippen LogP contribution in [0.5, 0.6) is 0 Å². The van der Waals surface area contributed by atoms with Crippen LogP contribution in [0.3, 0.4) is 0 Å². The monoisotopic (exact) mass is 387 g/mol. The first kappa shape index (κ1) is 21.9. The van der Waals surface area contributed by atoms with Gasteiger partial charge in [-0.15, -0.1) is 0 Å². The van der Waals surface area contributed by atoms with E-state index in [0.29, 0.717) is 12.1 Å². The van der Waals surface area contributed by atoms with Gasteiger partial charge in [0.25, 0.3) is 0 Å². The van der Waals surface area contributed by atoms with Gasteiger partial charge in [0.05, 0.1) is 12.2 Å². The molecule has 1 heterocycles. The lowest BCUT2D eigenvalue weighted by Crippen LogP contribution is -2.44. The van der Waals surface area contributed by atoms with Gasteiger partial charge in [0.15, 0.2) is 5.96 Å². The standard InChI is InChI=1S/C22H34FN5/c1-8-24-21(25-14-22(5,6)19-11-9-10-12-20(19)23)26-15(2)13-18-16(3)27-28(7)17(18)4/h9-12,15H,8,13-14H2,1-7H3,(H2,24,25,26). The smallest absolute Gasteiger partial charge is 0.191 e. The summed E-state index contributed by atoms with van der Waals surface area (Å²) in [6.45, 7) is 13.6. The van der Waals surface area contributed by atoms with E-state index in [9.17, 15) is 4.39 Å². The molecule has 28 heavy (non-hydrogen) atoms. The maximum Gasteiger partial charge on any atom is 0.191 e. The number of benzene rings is 1. The van der Waals surface area contributed by atoms with Gasteiger partial charge >= 0.3 is 0 Å². The molecule has 0 saturated heterocycles. The Kier molecular flexibility index (Phi) is 7.22. The summed E-state index contributed by atoms with van der Waals surface area (Å²) in [6.07, 6.45) is 0.868. The number of guanidine groups is 1. The van der Waals surface area contributed by atoms with Crippen molar-refractivity contribution in [3.05, 3.63) is 52.6 Å². The van der Waals surface area contributed by atoms with Crippen molar-refractivity contribution in [2.75, 3.05) is 13.1 Å². The summed E-state index contributed by atoms with van der Waals surface area (Å²) in [6, 6.07) is 7.12. The average molecular weight is 388 g/mol. The number of aryl methyl sites for hydroxylation is 2. The predicted octanol–water partition coefficient (Wildman–Crippen LogP) is 3.64. The van der Waals surface area contributed by atoms with Crippen LogP contribution in [0.4, 0.5) is 4.39 Å². The molecule has 0 aliphatic carbocycles. The molecule has 2 rings (SSSR count). The predicted molar refractivity (Wildman–Crippen MR) is 114 cm³/mol. The van der Waals surface area contributed by atoms with Crippen molar-refractivity contribution < 1.29 is 4.39 Å². The number of aliphatic imine (C=N–C) groups is 1. The Balaban J connectivity index is 2.10. The van der Waals surface area contributed by atoms with E-state index >= 15 is 0 Å². The van der Waals surface area contributed by atoms with Gasteiger partial charge in [-0.05, 0) is 51.3 Å². The van der Waals surface area contributed by atoms with Crippen molar-refractivity contribution in [2.45, 2.75) is 59.4 Å². The van der Waals surface area contributed by atoms with Gasteiger partial charge in [0.2, 0.25) is 0 Å². The van der Waals surface area contributed by atoms with Crippen LogP contribution in [0.25, 0.3) is 0 Å². The summed E-state index contributed by atoms with van der Waals surface area (Å²) in [4.78, 5) is 4.74. The molecule has 5 nitrogen and oxygen atoms in total. The minimum atomic E-state index is -0.395. The molecule has 0 aliphatic heterocycles. The number of nitrogens with one attached hydrogen (secondary N) is 2.